The first-order valence-corrected chi connectivity index (χ1v) is 10.7. The van der Waals surface area contributed by atoms with Crippen LogP contribution >= 0.6 is 0 Å². The summed E-state index contributed by atoms with van der Waals surface area (Å²) < 4.78 is 6.76. The van der Waals surface area contributed by atoms with Crippen LogP contribution in [0.1, 0.15) is 41.5 Å². The minimum absolute atomic E-state index is 0.156. The molecule has 11 nitrogen and oxygen atoms in total. The van der Waals surface area contributed by atoms with Crippen molar-refractivity contribution < 1.29 is 19.1 Å². The van der Waals surface area contributed by atoms with E-state index in [4.69, 9.17) is 4.74 Å². The number of anilines is 1. The second kappa shape index (κ2) is 9.59. The van der Waals surface area contributed by atoms with Crippen molar-refractivity contribution in [3.8, 4) is 5.69 Å². The van der Waals surface area contributed by atoms with Crippen molar-refractivity contribution in [2.45, 2.75) is 26.4 Å². The van der Waals surface area contributed by atoms with E-state index < -0.39 is 23.5 Å². The number of hydrogen-bond acceptors (Lipinski definition) is 7. The molecular formula is C24H23N7O4. The van der Waals surface area contributed by atoms with Crippen LogP contribution in [0, 0.1) is 0 Å². The number of ether oxygens (including phenoxy) is 1. The molecule has 0 saturated carbocycles. The molecule has 3 aromatic carbocycles. The Morgan fingerprint density at radius 2 is 1.54 bits per heavy atom. The number of rotatable bonds is 4. The van der Waals surface area contributed by atoms with E-state index in [-0.39, 0.29) is 11.3 Å². The fourth-order valence-corrected chi connectivity index (χ4v) is 3.24. The van der Waals surface area contributed by atoms with Crippen LogP contribution in [0.5, 0.6) is 0 Å². The zero-order valence-electron chi connectivity index (χ0n) is 19.3. The van der Waals surface area contributed by atoms with Crippen molar-refractivity contribution in [2.75, 3.05) is 5.32 Å². The normalized spacial score (nSPS) is 11.1. The lowest BCUT2D eigenvalue weighted by Crippen LogP contribution is -2.42. The van der Waals surface area contributed by atoms with E-state index >= 15 is 0 Å². The van der Waals surface area contributed by atoms with Crippen molar-refractivity contribution in [3.63, 3.8) is 0 Å². The topological polar surface area (TPSA) is 140 Å². The molecule has 178 valence electrons. The van der Waals surface area contributed by atoms with E-state index in [0.29, 0.717) is 11.3 Å². The van der Waals surface area contributed by atoms with Crippen LogP contribution in [0.15, 0.2) is 67.0 Å². The molecule has 1 heterocycles. The van der Waals surface area contributed by atoms with E-state index in [1.165, 1.54) is 11.0 Å². The van der Waals surface area contributed by atoms with Crippen LogP contribution in [0.25, 0.3) is 16.5 Å². The Hall–Kier alpha value is -4.80. The third-order valence-electron chi connectivity index (χ3n) is 4.80. The monoisotopic (exact) mass is 473 g/mol. The summed E-state index contributed by atoms with van der Waals surface area (Å²) in [5.41, 5.74) is 5.46. The summed E-state index contributed by atoms with van der Waals surface area (Å²) in [5, 5.41) is 15.2. The number of hydrazine groups is 1. The zero-order valence-corrected chi connectivity index (χ0v) is 19.3. The van der Waals surface area contributed by atoms with Gasteiger partial charge in [0.05, 0.1) is 16.9 Å². The molecule has 4 aromatic rings. The summed E-state index contributed by atoms with van der Waals surface area (Å²) in [4.78, 5) is 37.9. The minimum Gasteiger partial charge on any atom is -0.444 e. The summed E-state index contributed by atoms with van der Waals surface area (Å²) in [6.45, 7) is 5.22. The molecule has 0 radical (unpaired) electrons. The molecule has 0 bridgehead atoms. The Morgan fingerprint density at radius 3 is 2.17 bits per heavy atom. The average Bonchev–Trinajstić information content (AvgIpc) is 3.36. The average molecular weight is 473 g/mol. The molecule has 3 amide bonds. The summed E-state index contributed by atoms with van der Waals surface area (Å²) in [7, 11) is 0. The fourth-order valence-electron chi connectivity index (χ4n) is 3.24. The third kappa shape index (κ3) is 5.77. The fraction of sp³-hybridized carbons (Fsp3) is 0.167. The van der Waals surface area contributed by atoms with Crippen LogP contribution in [-0.4, -0.2) is 43.7 Å². The van der Waals surface area contributed by atoms with E-state index in [2.05, 4.69) is 31.7 Å². The van der Waals surface area contributed by atoms with Gasteiger partial charge in [0.25, 0.3) is 11.8 Å². The van der Waals surface area contributed by atoms with Crippen molar-refractivity contribution >= 4 is 34.4 Å². The molecule has 0 atom stereocenters. The van der Waals surface area contributed by atoms with Gasteiger partial charge in [-0.05, 0) is 78.4 Å². The Bertz CT molecular complexity index is 1380. The number of benzene rings is 3. The number of nitrogens with one attached hydrogen (secondary N) is 3. The van der Waals surface area contributed by atoms with Gasteiger partial charge in [-0.3, -0.25) is 25.8 Å². The molecule has 1 aromatic heterocycles. The van der Waals surface area contributed by atoms with Crippen molar-refractivity contribution in [3.05, 3.63) is 78.1 Å². The molecule has 4 rings (SSSR count). The number of carbonyl (C=O) groups is 3. The molecule has 11 heteroatoms. The molecule has 0 saturated heterocycles. The summed E-state index contributed by atoms with van der Waals surface area (Å²) in [5.74, 6) is -1.13. The lowest BCUT2D eigenvalue weighted by atomic mass is 10.0. The lowest BCUT2D eigenvalue weighted by Gasteiger charge is -2.20. The van der Waals surface area contributed by atoms with Crippen LogP contribution in [0.2, 0.25) is 0 Å². The number of fused-ring (bicyclic) bond motifs is 1. The number of nitrogens with zero attached hydrogens (tertiary/aromatic N) is 4. The van der Waals surface area contributed by atoms with E-state index in [1.807, 2.05) is 24.3 Å². The quantitative estimate of drug-likeness (QED) is 0.387. The number of hydrogen-bond donors (Lipinski definition) is 3. The summed E-state index contributed by atoms with van der Waals surface area (Å²) in [6.07, 6.45) is 0.732. The smallest absolute Gasteiger partial charge is 0.412 e. The molecular weight excluding hydrogens is 450 g/mol. The van der Waals surface area contributed by atoms with Gasteiger partial charge in [0.15, 0.2) is 0 Å². The number of aromatic nitrogens is 4. The van der Waals surface area contributed by atoms with Gasteiger partial charge >= 0.3 is 6.09 Å². The highest BCUT2D eigenvalue weighted by molar-refractivity contribution is 6.08. The first-order chi connectivity index (χ1) is 16.7. The largest absolute Gasteiger partial charge is 0.444 e. The highest BCUT2D eigenvalue weighted by atomic mass is 16.6. The first-order valence-electron chi connectivity index (χ1n) is 10.7. The van der Waals surface area contributed by atoms with Crippen LogP contribution < -0.4 is 16.2 Å². The van der Waals surface area contributed by atoms with Gasteiger partial charge in [-0.2, -0.15) is 0 Å². The molecule has 0 fully saturated rings. The maximum atomic E-state index is 13.0. The number of amides is 3. The van der Waals surface area contributed by atoms with E-state index in [9.17, 15) is 14.4 Å². The van der Waals surface area contributed by atoms with E-state index in [1.54, 1.807) is 57.2 Å². The Balaban J connectivity index is 1.50. The third-order valence-corrected chi connectivity index (χ3v) is 4.80. The molecule has 0 unspecified atom stereocenters. The van der Waals surface area contributed by atoms with Gasteiger partial charge in [-0.1, -0.05) is 24.3 Å². The molecule has 3 N–H and O–H groups in total. The standard InChI is InChI=1S/C24H23N7O4/c1-24(2,3)35-23(34)26-20-13-17-7-5-4-6-16(17)12-19(20)22(33)28-27-21(32)15-8-10-18(11-9-15)31-14-25-29-30-31/h4-14H,1-3H3,(H,26,34)(H,27,32)(H,28,33). The van der Waals surface area contributed by atoms with Gasteiger partial charge in [-0.25, -0.2) is 9.48 Å². The predicted octanol–water partition coefficient (Wildman–Crippen LogP) is 3.24. The van der Waals surface area contributed by atoms with Gasteiger partial charge < -0.3 is 4.74 Å². The number of tetrazole rings is 1. The van der Waals surface area contributed by atoms with Crippen LogP contribution in [0.4, 0.5) is 10.5 Å². The molecule has 0 aliphatic rings. The Kier molecular flexibility index (Phi) is 6.40. The summed E-state index contributed by atoms with van der Waals surface area (Å²) >= 11 is 0. The van der Waals surface area contributed by atoms with Gasteiger partial charge in [0, 0.05) is 5.56 Å². The van der Waals surface area contributed by atoms with Crippen molar-refractivity contribution in [1.82, 2.24) is 31.1 Å². The molecule has 0 aliphatic carbocycles. The van der Waals surface area contributed by atoms with Gasteiger partial charge in [-0.15, -0.1) is 5.10 Å². The molecule has 35 heavy (non-hydrogen) atoms. The van der Waals surface area contributed by atoms with Crippen LogP contribution in [-0.2, 0) is 4.74 Å². The zero-order chi connectivity index (χ0) is 25.0. The highest BCUT2D eigenvalue weighted by Gasteiger charge is 2.20. The highest BCUT2D eigenvalue weighted by Crippen LogP contribution is 2.25. The maximum absolute atomic E-state index is 13.0. The maximum Gasteiger partial charge on any atom is 0.412 e. The first kappa shape index (κ1) is 23.4. The van der Waals surface area contributed by atoms with Crippen LogP contribution in [0.3, 0.4) is 0 Å². The molecule has 0 spiro atoms. The van der Waals surface area contributed by atoms with Gasteiger partial charge in [0.1, 0.15) is 11.9 Å². The number of carbonyl (C=O) groups excluding carboxylic acids is 3. The van der Waals surface area contributed by atoms with Crippen molar-refractivity contribution in [1.29, 1.82) is 0 Å². The minimum atomic E-state index is -0.711. The second-order valence-electron chi connectivity index (χ2n) is 8.58. The van der Waals surface area contributed by atoms with E-state index in [0.717, 1.165) is 10.8 Å². The predicted molar refractivity (Wildman–Crippen MR) is 128 cm³/mol. The Labute approximate surface area is 200 Å². The Morgan fingerprint density at radius 1 is 0.886 bits per heavy atom. The molecule has 0 aliphatic heterocycles. The van der Waals surface area contributed by atoms with Crippen molar-refractivity contribution in [2.24, 2.45) is 0 Å². The van der Waals surface area contributed by atoms with Gasteiger partial charge in [0.2, 0.25) is 0 Å². The summed E-state index contributed by atoms with van der Waals surface area (Å²) in [6, 6.07) is 17.2. The SMILES string of the molecule is CC(C)(C)OC(=O)Nc1cc2ccccc2cc1C(=O)NNC(=O)c1ccc(-n2cnnn2)cc1. The second-order valence-corrected chi connectivity index (χ2v) is 8.58. The lowest BCUT2D eigenvalue weighted by molar-refractivity contribution is 0.0635.